The van der Waals surface area contributed by atoms with Crippen molar-refractivity contribution in [2.24, 2.45) is 11.8 Å². The van der Waals surface area contributed by atoms with Gasteiger partial charge in [-0.15, -0.1) is 0 Å². The fraction of sp³-hybridized carbons (Fsp3) is 0.733. The Morgan fingerprint density at radius 1 is 1.50 bits per heavy atom. The number of hydrogen-bond acceptors (Lipinski definition) is 3. The van der Waals surface area contributed by atoms with E-state index in [2.05, 4.69) is 24.0 Å². The SMILES string of the molecule is CC(C)C1OCCC1C(=O)N1CCCC1c1ccn[nH]1. The number of carbonyl (C=O) groups excluding carboxylic acids is 1. The molecule has 5 nitrogen and oxygen atoms in total. The van der Waals surface area contributed by atoms with Crippen molar-refractivity contribution in [3.05, 3.63) is 18.0 Å². The molecule has 0 radical (unpaired) electrons. The Balaban J connectivity index is 1.76. The summed E-state index contributed by atoms with van der Waals surface area (Å²) >= 11 is 0. The van der Waals surface area contributed by atoms with Crippen LogP contribution in [0, 0.1) is 11.8 Å². The van der Waals surface area contributed by atoms with Gasteiger partial charge in [0.15, 0.2) is 0 Å². The number of hydrogen-bond donors (Lipinski definition) is 1. The lowest BCUT2D eigenvalue weighted by atomic mass is 9.91. The van der Waals surface area contributed by atoms with Crippen LogP contribution in [0.3, 0.4) is 0 Å². The first-order valence-electron chi connectivity index (χ1n) is 7.60. The van der Waals surface area contributed by atoms with E-state index in [9.17, 15) is 4.79 Å². The molecule has 1 N–H and O–H groups in total. The van der Waals surface area contributed by atoms with Gasteiger partial charge in [0.05, 0.1) is 23.8 Å². The Hall–Kier alpha value is -1.36. The Morgan fingerprint density at radius 2 is 2.35 bits per heavy atom. The van der Waals surface area contributed by atoms with Crippen LogP contribution in [0.15, 0.2) is 12.3 Å². The van der Waals surface area contributed by atoms with Gasteiger partial charge in [-0.25, -0.2) is 0 Å². The minimum Gasteiger partial charge on any atom is -0.377 e. The zero-order valence-corrected chi connectivity index (χ0v) is 12.2. The van der Waals surface area contributed by atoms with Crippen LogP contribution >= 0.6 is 0 Å². The van der Waals surface area contributed by atoms with Crippen LogP contribution in [0.1, 0.15) is 44.8 Å². The standard InChI is InChI=1S/C15H23N3O2/c1-10(2)14-11(6-9-20-14)15(19)18-8-3-4-13(18)12-5-7-16-17-12/h5,7,10-11,13-14H,3-4,6,8-9H2,1-2H3,(H,16,17). The highest BCUT2D eigenvalue weighted by Crippen LogP contribution is 2.35. The molecule has 3 heterocycles. The molecule has 20 heavy (non-hydrogen) atoms. The highest BCUT2D eigenvalue weighted by molar-refractivity contribution is 5.80. The van der Waals surface area contributed by atoms with Crippen LogP contribution in [-0.2, 0) is 9.53 Å². The monoisotopic (exact) mass is 277 g/mol. The number of aromatic amines is 1. The fourth-order valence-electron chi connectivity index (χ4n) is 3.55. The molecule has 1 amide bonds. The first-order valence-corrected chi connectivity index (χ1v) is 7.60. The topological polar surface area (TPSA) is 58.2 Å². The van der Waals surface area contributed by atoms with Crippen molar-refractivity contribution in [3.8, 4) is 0 Å². The smallest absolute Gasteiger partial charge is 0.228 e. The average Bonchev–Trinajstić information content (AvgIpc) is 3.17. The molecule has 110 valence electrons. The summed E-state index contributed by atoms with van der Waals surface area (Å²) in [6, 6.07) is 2.14. The number of nitrogens with one attached hydrogen (secondary N) is 1. The lowest BCUT2D eigenvalue weighted by Gasteiger charge is -2.29. The summed E-state index contributed by atoms with van der Waals surface area (Å²) < 4.78 is 5.77. The van der Waals surface area contributed by atoms with Gasteiger partial charge in [-0.2, -0.15) is 5.10 Å². The van der Waals surface area contributed by atoms with Crippen LogP contribution in [0.4, 0.5) is 0 Å². The van der Waals surface area contributed by atoms with E-state index in [0.717, 1.165) is 31.5 Å². The predicted molar refractivity (Wildman–Crippen MR) is 75.0 cm³/mol. The zero-order chi connectivity index (χ0) is 14.1. The quantitative estimate of drug-likeness (QED) is 0.921. The van der Waals surface area contributed by atoms with Gasteiger partial charge in [-0.05, 0) is 31.2 Å². The molecule has 3 rings (SSSR count). The van der Waals surface area contributed by atoms with Gasteiger partial charge in [0.1, 0.15) is 0 Å². The molecule has 5 heteroatoms. The van der Waals surface area contributed by atoms with E-state index in [-0.39, 0.29) is 24.0 Å². The molecule has 3 atom stereocenters. The number of ether oxygens (including phenoxy) is 1. The van der Waals surface area contributed by atoms with Crippen molar-refractivity contribution in [2.75, 3.05) is 13.2 Å². The van der Waals surface area contributed by atoms with Crippen molar-refractivity contribution in [1.82, 2.24) is 15.1 Å². The van der Waals surface area contributed by atoms with Crippen LogP contribution in [0.25, 0.3) is 0 Å². The third-order valence-electron chi connectivity index (χ3n) is 4.53. The van der Waals surface area contributed by atoms with E-state index >= 15 is 0 Å². The first-order chi connectivity index (χ1) is 9.68. The summed E-state index contributed by atoms with van der Waals surface area (Å²) in [7, 11) is 0. The Bertz CT molecular complexity index is 458. The van der Waals surface area contributed by atoms with Gasteiger partial charge in [0.2, 0.25) is 5.91 Å². The lowest BCUT2D eigenvalue weighted by Crippen LogP contribution is -2.40. The highest BCUT2D eigenvalue weighted by Gasteiger charge is 2.41. The summed E-state index contributed by atoms with van der Waals surface area (Å²) in [5, 5.41) is 7.03. The largest absolute Gasteiger partial charge is 0.377 e. The molecule has 3 unspecified atom stereocenters. The van der Waals surface area contributed by atoms with Crippen molar-refractivity contribution in [3.63, 3.8) is 0 Å². The maximum atomic E-state index is 12.9. The van der Waals surface area contributed by atoms with Gasteiger partial charge in [0.25, 0.3) is 0 Å². The van der Waals surface area contributed by atoms with Crippen molar-refractivity contribution in [1.29, 1.82) is 0 Å². The molecule has 1 aromatic rings. The molecular weight excluding hydrogens is 254 g/mol. The van der Waals surface area contributed by atoms with E-state index in [0.29, 0.717) is 12.5 Å². The number of amides is 1. The summed E-state index contributed by atoms with van der Waals surface area (Å²) in [4.78, 5) is 14.9. The van der Waals surface area contributed by atoms with Crippen LogP contribution < -0.4 is 0 Å². The van der Waals surface area contributed by atoms with Crippen LogP contribution in [0.2, 0.25) is 0 Å². The third-order valence-corrected chi connectivity index (χ3v) is 4.53. The number of H-pyrrole nitrogens is 1. The van der Waals surface area contributed by atoms with E-state index in [1.54, 1.807) is 6.20 Å². The predicted octanol–water partition coefficient (Wildman–Crippen LogP) is 2.13. The maximum Gasteiger partial charge on any atom is 0.228 e. The molecule has 0 saturated carbocycles. The molecular formula is C15H23N3O2. The van der Waals surface area contributed by atoms with E-state index < -0.39 is 0 Å². The zero-order valence-electron chi connectivity index (χ0n) is 12.2. The third kappa shape index (κ3) is 2.35. The number of carbonyl (C=O) groups is 1. The van der Waals surface area contributed by atoms with E-state index in [1.807, 2.05) is 11.0 Å². The summed E-state index contributed by atoms with van der Waals surface area (Å²) in [6.07, 6.45) is 4.77. The minimum absolute atomic E-state index is 0.0264. The molecule has 0 bridgehead atoms. The van der Waals surface area contributed by atoms with E-state index in [1.165, 1.54) is 0 Å². The molecule has 2 aliphatic rings. The number of rotatable bonds is 3. The second kappa shape index (κ2) is 5.56. The van der Waals surface area contributed by atoms with Gasteiger partial charge in [0, 0.05) is 19.3 Å². The fourth-order valence-corrected chi connectivity index (χ4v) is 3.55. The summed E-state index contributed by atoms with van der Waals surface area (Å²) in [5.74, 6) is 0.677. The Labute approximate surface area is 119 Å². The van der Waals surface area contributed by atoms with Gasteiger partial charge in [-0.3, -0.25) is 9.89 Å². The first kappa shape index (κ1) is 13.6. The molecule has 2 fully saturated rings. The molecule has 1 aromatic heterocycles. The van der Waals surface area contributed by atoms with Crippen molar-refractivity contribution < 1.29 is 9.53 Å². The molecule has 2 saturated heterocycles. The molecule has 2 aliphatic heterocycles. The number of aromatic nitrogens is 2. The average molecular weight is 277 g/mol. The summed E-state index contributed by atoms with van der Waals surface area (Å²) in [6.45, 7) is 5.82. The maximum absolute atomic E-state index is 12.9. The molecule has 0 aliphatic carbocycles. The summed E-state index contributed by atoms with van der Waals surface area (Å²) in [5.41, 5.74) is 1.05. The van der Waals surface area contributed by atoms with E-state index in [4.69, 9.17) is 4.74 Å². The highest BCUT2D eigenvalue weighted by atomic mass is 16.5. The second-order valence-corrected chi connectivity index (χ2v) is 6.18. The van der Waals surface area contributed by atoms with Crippen LogP contribution in [0.5, 0.6) is 0 Å². The lowest BCUT2D eigenvalue weighted by molar-refractivity contribution is -0.139. The number of nitrogens with zero attached hydrogens (tertiary/aromatic N) is 2. The number of likely N-dealkylation sites (tertiary alicyclic amines) is 1. The Kier molecular flexibility index (Phi) is 3.78. The molecule has 0 spiro atoms. The van der Waals surface area contributed by atoms with Gasteiger partial charge in [-0.1, -0.05) is 13.8 Å². The van der Waals surface area contributed by atoms with Crippen LogP contribution in [-0.4, -0.2) is 40.3 Å². The van der Waals surface area contributed by atoms with Gasteiger partial charge < -0.3 is 9.64 Å². The Morgan fingerprint density at radius 3 is 3.05 bits per heavy atom. The second-order valence-electron chi connectivity index (χ2n) is 6.18. The normalized spacial score (nSPS) is 30.4. The van der Waals surface area contributed by atoms with Gasteiger partial charge >= 0.3 is 0 Å². The van der Waals surface area contributed by atoms with Crippen molar-refractivity contribution >= 4 is 5.91 Å². The van der Waals surface area contributed by atoms with Crippen molar-refractivity contribution in [2.45, 2.75) is 45.3 Å². The molecule has 0 aromatic carbocycles. The minimum atomic E-state index is 0.0264.